The highest BCUT2D eigenvalue weighted by Gasteiger charge is 2.32. The van der Waals surface area contributed by atoms with Gasteiger partial charge in [0.25, 0.3) is 5.91 Å². The van der Waals surface area contributed by atoms with Gasteiger partial charge in [-0.25, -0.2) is 8.42 Å². The summed E-state index contributed by atoms with van der Waals surface area (Å²) in [4.78, 5) is 12.6. The standard InChI is InChI=1S/C15H13NO4S3/c17-15(12-5-2-8-21-12)16-10-13(11-4-1-7-20-11)23(18,19)14-6-3-9-22-14/h1-9,13H,10H2,(H,16,17)/t13-/m0/s1. The summed E-state index contributed by atoms with van der Waals surface area (Å²) in [5.41, 5.74) is 0. The molecule has 0 aliphatic carbocycles. The van der Waals surface area contributed by atoms with E-state index < -0.39 is 15.1 Å². The SMILES string of the molecule is O=C(NC[C@@H](c1ccco1)S(=O)(=O)c1cccs1)c1cccs1. The first kappa shape index (κ1) is 16.0. The average molecular weight is 367 g/mol. The minimum atomic E-state index is -3.63. The first-order valence-corrected chi connectivity index (χ1v) is 10.0. The van der Waals surface area contributed by atoms with Crippen LogP contribution in [0.2, 0.25) is 0 Å². The van der Waals surface area contributed by atoms with Crippen molar-refractivity contribution in [2.24, 2.45) is 0 Å². The molecule has 120 valence electrons. The number of thiophene rings is 2. The predicted octanol–water partition coefficient (Wildman–Crippen LogP) is 3.35. The molecule has 23 heavy (non-hydrogen) atoms. The molecular weight excluding hydrogens is 354 g/mol. The Morgan fingerprint density at radius 3 is 2.52 bits per heavy atom. The number of carbonyl (C=O) groups is 1. The zero-order chi connectivity index (χ0) is 16.3. The Morgan fingerprint density at radius 1 is 1.13 bits per heavy atom. The van der Waals surface area contributed by atoms with Crippen molar-refractivity contribution < 1.29 is 17.6 Å². The van der Waals surface area contributed by atoms with E-state index in [0.29, 0.717) is 10.6 Å². The van der Waals surface area contributed by atoms with E-state index in [1.807, 2.05) is 0 Å². The van der Waals surface area contributed by atoms with E-state index in [0.717, 1.165) is 11.3 Å². The molecule has 1 amide bonds. The lowest BCUT2D eigenvalue weighted by Gasteiger charge is -2.15. The molecule has 0 aromatic carbocycles. The summed E-state index contributed by atoms with van der Waals surface area (Å²) in [5, 5.41) is 5.22. The van der Waals surface area contributed by atoms with Gasteiger partial charge in [-0.3, -0.25) is 4.79 Å². The van der Waals surface area contributed by atoms with Crippen molar-refractivity contribution in [2.75, 3.05) is 6.54 Å². The van der Waals surface area contributed by atoms with Gasteiger partial charge in [0.2, 0.25) is 0 Å². The van der Waals surface area contributed by atoms with Gasteiger partial charge in [0, 0.05) is 6.54 Å². The van der Waals surface area contributed by atoms with Crippen molar-refractivity contribution in [3.8, 4) is 0 Å². The fraction of sp³-hybridized carbons (Fsp3) is 0.133. The van der Waals surface area contributed by atoms with E-state index in [-0.39, 0.29) is 16.7 Å². The molecule has 3 aromatic rings. The molecule has 0 saturated heterocycles. The van der Waals surface area contributed by atoms with Gasteiger partial charge < -0.3 is 9.73 Å². The average Bonchev–Trinajstić information content (AvgIpc) is 3.27. The fourth-order valence-corrected chi connectivity index (χ4v) is 5.52. The van der Waals surface area contributed by atoms with Crippen molar-refractivity contribution in [2.45, 2.75) is 9.46 Å². The maximum absolute atomic E-state index is 12.8. The van der Waals surface area contributed by atoms with E-state index in [1.165, 1.54) is 17.6 Å². The van der Waals surface area contributed by atoms with Crippen LogP contribution >= 0.6 is 22.7 Å². The topological polar surface area (TPSA) is 76.4 Å². The lowest BCUT2D eigenvalue weighted by molar-refractivity contribution is 0.0957. The van der Waals surface area contributed by atoms with Crippen LogP contribution in [0, 0.1) is 0 Å². The van der Waals surface area contributed by atoms with E-state index >= 15 is 0 Å². The summed E-state index contributed by atoms with van der Waals surface area (Å²) in [6.45, 7) is -0.0511. The van der Waals surface area contributed by atoms with Gasteiger partial charge in [0.15, 0.2) is 9.84 Å². The summed E-state index contributed by atoms with van der Waals surface area (Å²) in [6.07, 6.45) is 1.42. The fourth-order valence-electron chi connectivity index (χ4n) is 2.08. The molecule has 0 saturated carbocycles. The number of nitrogens with one attached hydrogen (secondary N) is 1. The van der Waals surface area contributed by atoms with Crippen LogP contribution in [0.1, 0.15) is 20.7 Å². The Bertz CT molecular complexity index is 850. The molecule has 0 fully saturated rings. The van der Waals surface area contributed by atoms with Crippen LogP contribution in [0.4, 0.5) is 0 Å². The maximum Gasteiger partial charge on any atom is 0.261 e. The second-order valence-electron chi connectivity index (χ2n) is 4.67. The Balaban J connectivity index is 1.84. The van der Waals surface area contributed by atoms with Gasteiger partial charge in [-0.1, -0.05) is 12.1 Å². The maximum atomic E-state index is 12.8. The molecular formula is C15H13NO4S3. The number of carbonyl (C=O) groups excluding carboxylic acids is 1. The molecule has 5 nitrogen and oxygen atoms in total. The largest absolute Gasteiger partial charge is 0.468 e. The second kappa shape index (κ2) is 6.69. The van der Waals surface area contributed by atoms with Crippen LogP contribution in [0.25, 0.3) is 0 Å². The monoisotopic (exact) mass is 367 g/mol. The van der Waals surface area contributed by atoms with Gasteiger partial charge in [0.05, 0.1) is 11.1 Å². The number of amides is 1. The van der Waals surface area contributed by atoms with Gasteiger partial charge >= 0.3 is 0 Å². The van der Waals surface area contributed by atoms with Crippen LogP contribution < -0.4 is 5.32 Å². The highest BCUT2D eigenvalue weighted by atomic mass is 32.2. The quantitative estimate of drug-likeness (QED) is 0.725. The predicted molar refractivity (Wildman–Crippen MR) is 89.6 cm³/mol. The molecule has 0 bridgehead atoms. The molecule has 0 unspecified atom stereocenters. The molecule has 8 heteroatoms. The van der Waals surface area contributed by atoms with Crippen molar-refractivity contribution in [1.82, 2.24) is 5.32 Å². The Morgan fingerprint density at radius 2 is 1.91 bits per heavy atom. The van der Waals surface area contributed by atoms with Crippen molar-refractivity contribution in [1.29, 1.82) is 0 Å². The number of hydrogen-bond donors (Lipinski definition) is 1. The van der Waals surface area contributed by atoms with Crippen LogP contribution in [-0.2, 0) is 9.84 Å². The van der Waals surface area contributed by atoms with Crippen LogP contribution in [0.3, 0.4) is 0 Å². The number of rotatable bonds is 6. The van der Waals surface area contributed by atoms with Gasteiger partial charge in [0.1, 0.15) is 15.2 Å². The van der Waals surface area contributed by atoms with Crippen molar-refractivity contribution >= 4 is 38.4 Å². The Labute approximate surface area is 141 Å². The van der Waals surface area contributed by atoms with Gasteiger partial charge in [-0.05, 0) is 35.0 Å². The third-order valence-electron chi connectivity index (χ3n) is 3.20. The van der Waals surface area contributed by atoms with Crippen LogP contribution in [0.5, 0.6) is 0 Å². The number of hydrogen-bond acceptors (Lipinski definition) is 6. The zero-order valence-electron chi connectivity index (χ0n) is 11.8. The summed E-state index contributed by atoms with van der Waals surface area (Å²) in [7, 11) is -3.63. The van der Waals surface area contributed by atoms with Crippen molar-refractivity contribution in [3.05, 3.63) is 64.1 Å². The number of furan rings is 1. The lowest BCUT2D eigenvalue weighted by atomic mass is 10.3. The molecule has 0 radical (unpaired) electrons. The van der Waals surface area contributed by atoms with Crippen molar-refractivity contribution in [3.63, 3.8) is 0 Å². The molecule has 0 spiro atoms. The summed E-state index contributed by atoms with van der Waals surface area (Å²) < 4.78 is 31.1. The van der Waals surface area contributed by atoms with Crippen LogP contribution in [0.15, 0.2) is 62.0 Å². The normalized spacial score (nSPS) is 12.9. The third-order valence-corrected chi connectivity index (χ3v) is 7.56. The second-order valence-corrected chi connectivity index (χ2v) is 8.92. The molecule has 3 rings (SSSR count). The smallest absolute Gasteiger partial charge is 0.261 e. The van der Waals surface area contributed by atoms with E-state index in [1.54, 1.807) is 47.2 Å². The highest BCUT2D eigenvalue weighted by molar-refractivity contribution is 7.93. The minimum absolute atomic E-state index is 0.0511. The molecule has 0 aliphatic rings. The van der Waals surface area contributed by atoms with E-state index in [9.17, 15) is 13.2 Å². The lowest BCUT2D eigenvalue weighted by Crippen LogP contribution is -2.31. The summed E-state index contributed by atoms with van der Waals surface area (Å²) >= 11 is 2.45. The van der Waals surface area contributed by atoms with E-state index in [2.05, 4.69) is 5.32 Å². The molecule has 3 heterocycles. The first-order chi connectivity index (χ1) is 11.1. The molecule has 1 atom stereocenters. The summed E-state index contributed by atoms with van der Waals surface area (Å²) in [5.74, 6) is 0.0165. The first-order valence-electron chi connectivity index (χ1n) is 6.71. The summed E-state index contributed by atoms with van der Waals surface area (Å²) in [6, 6.07) is 9.93. The highest BCUT2D eigenvalue weighted by Crippen LogP contribution is 2.31. The molecule has 0 aliphatic heterocycles. The molecule has 3 aromatic heterocycles. The number of sulfone groups is 1. The molecule has 1 N–H and O–H groups in total. The Hall–Kier alpha value is -1.90. The minimum Gasteiger partial charge on any atom is -0.468 e. The van der Waals surface area contributed by atoms with Gasteiger partial charge in [-0.2, -0.15) is 0 Å². The third kappa shape index (κ3) is 3.39. The Kier molecular flexibility index (Phi) is 4.65. The van der Waals surface area contributed by atoms with E-state index in [4.69, 9.17) is 4.42 Å². The van der Waals surface area contributed by atoms with Gasteiger partial charge in [-0.15, -0.1) is 22.7 Å². The zero-order valence-corrected chi connectivity index (χ0v) is 14.3. The van der Waals surface area contributed by atoms with Crippen LogP contribution in [-0.4, -0.2) is 20.9 Å².